The number of carboxylic acids is 1. The quantitative estimate of drug-likeness (QED) is 0.497. The number of carboxylic acid groups (broad SMARTS) is 1. The van der Waals surface area contributed by atoms with E-state index in [-0.39, 0.29) is 5.25 Å². The van der Waals surface area contributed by atoms with Gasteiger partial charge < -0.3 is 10.2 Å². The van der Waals surface area contributed by atoms with E-state index in [0.717, 1.165) is 31.4 Å². The third-order valence-corrected chi connectivity index (χ3v) is 4.90. The Kier molecular flexibility index (Phi) is 12.4. The first-order valence-corrected chi connectivity index (χ1v) is 9.06. The van der Waals surface area contributed by atoms with Gasteiger partial charge in [0.2, 0.25) is 0 Å². The van der Waals surface area contributed by atoms with Gasteiger partial charge in [0.1, 0.15) is 0 Å². The summed E-state index contributed by atoms with van der Waals surface area (Å²) in [5.41, 5.74) is 0. The van der Waals surface area contributed by atoms with Crippen LogP contribution in [0.1, 0.15) is 72.1 Å². The van der Waals surface area contributed by atoms with Gasteiger partial charge in [-0.05, 0) is 24.5 Å². The van der Waals surface area contributed by atoms with Crippen molar-refractivity contribution in [3.8, 4) is 0 Å². The summed E-state index contributed by atoms with van der Waals surface area (Å²) < 4.78 is 0. The Morgan fingerprint density at radius 2 is 1.70 bits per heavy atom. The normalized spacial score (nSPS) is 14.4. The first kappa shape index (κ1) is 19.8. The number of carbonyl (C=O) groups is 1. The van der Waals surface area contributed by atoms with Crippen molar-refractivity contribution in [2.45, 2.75) is 83.5 Å². The monoisotopic (exact) mass is 304 g/mol. The molecule has 0 radical (unpaired) electrons. The van der Waals surface area contributed by atoms with E-state index < -0.39 is 12.1 Å². The zero-order chi connectivity index (χ0) is 15.4. The largest absolute Gasteiger partial charge is 0.479 e. The third-order valence-electron chi connectivity index (χ3n) is 3.46. The van der Waals surface area contributed by atoms with Gasteiger partial charge >= 0.3 is 5.97 Å². The van der Waals surface area contributed by atoms with Crippen molar-refractivity contribution < 1.29 is 15.0 Å². The SMILES string of the molecule is CCCCCCSC(CCCCC(C)C)C(O)C(=O)O. The predicted octanol–water partition coefficient (Wildman–Crippen LogP) is 4.33. The Morgan fingerprint density at radius 1 is 1.05 bits per heavy atom. The molecule has 0 aliphatic rings. The van der Waals surface area contributed by atoms with Crippen molar-refractivity contribution in [3.05, 3.63) is 0 Å². The van der Waals surface area contributed by atoms with Crippen molar-refractivity contribution in [1.29, 1.82) is 0 Å². The van der Waals surface area contributed by atoms with E-state index in [9.17, 15) is 9.90 Å². The Hall–Kier alpha value is -0.220. The summed E-state index contributed by atoms with van der Waals surface area (Å²) >= 11 is 1.64. The molecule has 2 N–H and O–H groups in total. The molecule has 0 saturated carbocycles. The van der Waals surface area contributed by atoms with Gasteiger partial charge in [-0.25, -0.2) is 4.79 Å². The fraction of sp³-hybridized carbons (Fsp3) is 0.938. The zero-order valence-electron chi connectivity index (χ0n) is 13.3. The lowest BCUT2D eigenvalue weighted by Crippen LogP contribution is -2.31. The number of rotatable bonds is 13. The Labute approximate surface area is 128 Å². The molecule has 0 amide bonds. The molecule has 4 heteroatoms. The second-order valence-corrected chi connectivity index (χ2v) is 7.28. The lowest BCUT2D eigenvalue weighted by molar-refractivity contribution is -0.146. The van der Waals surface area contributed by atoms with Gasteiger partial charge in [0.25, 0.3) is 0 Å². The fourth-order valence-electron chi connectivity index (χ4n) is 2.15. The van der Waals surface area contributed by atoms with Gasteiger partial charge in [-0.1, -0.05) is 59.3 Å². The van der Waals surface area contributed by atoms with Gasteiger partial charge in [0.05, 0.1) is 0 Å². The number of hydrogen-bond donors (Lipinski definition) is 2. The summed E-state index contributed by atoms with van der Waals surface area (Å²) in [5.74, 6) is 0.568. The molecule has 0 heterocycles. The Bertz CT molecular complexity index is 244. The number of aliphatic carboxylic acids is 1. The van der Waals surface area contributed by atoms with E-state index in [1.807, 2.05) is 0 Å². The number of aliphatic hydroxyl groups excluding tert-OH is 1. The van der Waals surface area contributed by atoms with Crippen LogP contribution >= 0.6 is 11.8 Å². The summed E-state index contributed by atoms with van der Waals surface area (Å²) in [6.45, 7) is 6.58. The minimum Gasteiger partial charge on any atom is -0.479 e. The molecule has 0 aliphatic carbocycles. The average Bonchev–Trinajstić information content (AvgIpc) is 2.39. The van der Waals surface area contributed by atoms with E-state index in [1.165, 1.54) is 25.7 Å². The molecule has 0 aromatic rings. The average molecular weight is 304 g/mol. The van der Waals surface area contributed by atoms with Crippen LogP contribution in [0, 0.1) is 5.92 Å². The van der Waals surface area contributed by atoms with Crippen LogP contribution in [-0.2, 0) is 4.79 Å². The van der Waals surface area contributed by atoms with E-state index in [4.69, 9.17) is 5.11 Å². The maximum atomic E-state index is 11.0. The van der Waals surface area contributed by atoms with Crippen LogP contribution in [0.15, 0.2) is 0 Å². The number of hydrogen-bond acceptors (Lipinski definition) is 3. The van der Waals surface area contributed by atoms with Crippen molar-refractivity contribution in [1.82, 2.24) is 0 Å². The fourth-order valence-corrected chi connectivity index (χ4v) is 3.46. The molecule has 0 aromatic carbocycles. The highest BCUT2D eigenvalue weighted by atomic mass is 32.2. The summed E-state index contributed by atoms with van der Waals surface area (Å²) in [6.07, 6.45) is 7.66. The first-order valence-electron chi connectivity index (χ1n) is 8.01. The van der Waals surface area contributed by atoms with Crippen LogP contribution in [0.3, 0.4) is 0 Å². The molecule has 2 unspecified atom stereocenters. The minimum atomic E-state index is -1.22. The maximum Gasteiger partial charge on any atom is 0.333 e. The molecule has 0 fully saturated rings. The van der Waals surface area contributed by atoms with Crippen molar-refractivity contribution in [3.63, 3.8) is 0 Å². The van der Waals surface area contributed by atoms with Crippen molar-refractivity contribution >= 4 is 17.7 Å². The molecule has 0 saturated heterocycles. The van der Waals surface area contributed by atoms with E-state index in [2.05, 4.69) is 20.8 Å². The van der Waals surface area contributed by atoms with Gasteiger partial charge in [-0.15, -0.1) is 0 Å². The van der Waals surface area contributed by atoms with E-state index in [1.54, 1.807) is 11.8 Å². The summed E-state index contributed by atoms with van der Waals surface area (Å²) in [7, 11) is 0. The van der Waals surface area contributed by atoms with Crippen LogP contribution in [-0.4, -0.2) is 33.3 Å². The number of aliphatic hydroxyl groups is 1. The molecular formula is C16H32O3S. The van der Waals surface area contributed by atoms with E-state index >= 15 is 0 Å². The molecule has 0 aromatic heterocycles. The van der Waals surface area contributed by atoms with Crippen LogP contribution in [0.5, 0.6) is 0 Å². The summed E-state index contributed by atoms with van der Waals surface area (Å²) in [6, 6.07) is 0. The molecular weight excluding hydrogens is 272 g/mol. The molecule has 120 valence electrons. The Balaban J connectivity index is 3.98. The molecule has 0 bridgehead atoms. The Morgan fingerprint density at radius 3 is 2.25 bits per heavy atom. The topological polar surface area (TPSA) is 57.5 Å². The first-order chi connectivity index (χ1) is 9.49. The van der Waals surface area contributed by atoms with Gasteiger partial charge in [-0.3, -0.25) is 0 Å². The maximum absolute atomic E-state index is 11.0. The smallest absolute Gasteiger partial charge is 0.333 e. The minimum absolute atomic E-state index is 0.152. The van der Waals surface area contributed by atoms with Gasteiger partial charge in [-0.2, -0.15) is 11.8 Å². The van der Waals surface area contributed by atoms with Crippen LogP contribution in [0.4, 0.5) is 0 Å². The number of thioether (sulfide) groups is 1. The van der Waals surface area contributed by atoms with Crippen molar-refractivity contribution in [2.75, 3.05) is 5.75 Å². The highest BCUT2D eigenvalue weighted by Crippen LogP contribution is 2.24. The lowest BCUT2D eigenvalue weighted by Gasteiger charge is -2.19. The highest BCUT2D eigenvalue weighted by molar-refractivity contribution is 7.99. The lowest BCUT2D eigenvalue weighted by atomic mass is 10.0. The molecule has 0 spiro atoms. The highest BCUT2D eigenvalue weighted by Gasteiger charge is 2.25. The standard InChI is InChI=1S/C16H32O3S/c1-4-5-6-9-12-20-14(15(17)16(18)19)11-8-7-10-13(2)3/h13-15,17H,4-12H2,1-3H3,(H,18,19). The molecule has 2 atom stereocenters. The molecule has 0 rings (SSSR count). The zero-order valence-corrected chi connectivity index (χ0v) is 14.1. The van der Waals surface area contributed by atoms with Gasteiger partial charge in [0.15, 0.2) is 6.10 Å². The molecule has 3 nitrogen and oxygen atoms in total. The predicted molar refractivity (Wildman–Crippen MR) is 87.3 cm³/mol. The second kappa shape index (κ2) is 12.5. The van der Waals surface area contributed by atoms with Crippen LogP contribution < -0.4 is 0 Å². The molecule has 0 aliphatic heterocycles. The molecule has 20 heavy (non-hydrogen) atoms. The second-order valence-electron chi connectivity index (χ2n) is 5.93. The van der Waals surface area contributed by atoms with Crippen molar-refractivity contribution in [2.24, 2.45) is 5.92 Å². The van der Waals surface area contributed by atoms with Crippen LogP contribution in [0.25, 0.3) is 0 Å². The number of unbranched alkanes of at least 4 members (excludes halogenated alkanes) is 4. The third kappa shape index (κ3) is 10.6. The summed E-state index contributed by atoms with van der Waals surface area (Å²) in [4.78, 5) is 11.0. The summed E-state index contributed by atoms with van der Waals surface area (Å²) in [5, 5.41) is 18.6. The van der Waals surface area contributed by atoms with Crippen LogP contribution in [0.2, 0.25) is 0 Å². The van der Waals surface area contributed by atoms with Gasteiger partial charge in [0, 0.05) is 5.25 Å². The van der Waals surface area contributed by atoms with E-state index in [0.29, 0.717) is 5.92 Å².